The Morgan fingerprint density at radius 2 is 2.17 bits per heavy atom. The van der Waals surface area contributed by atoms with Crippen molar-refractivity contribution in [3.63, 3.8) is 0 Å². The van der Waals surface area contributed by atoms with Gasteiger partial charge in [-0.2, -0.15) is 0 Å². The van der Waals surface area contributed by atoms with Gasteiger partial charge in [0.1, 0.15) is 0 Å². The van der Waals surface area contributed by atoms with Gasteiger partial charge in [-0.05, 0) is 24.6 Å². The van der Waals surface area contributed by atoms with Crippen LogP contribution >= 0.6 is 0 Å². The van der Waals surface area contributed by atoms with E-state index in [0.717, 1.165) is 6.42 Å². The molecule has 6 heteroatoms. The summed E-state index contributed by atoms with van der Waals surface area (Å²) in [6.07, 6.45) is 0.757. The third-order valence-electron chi connectivity index (χ3n) is 2.33. The molecule has 0 spiro atoms. The fourth-order valence-electron chi connectivity index (χ4n) is 1.49. The molecule has 0 fully saturated rings. The molecule has 0 saturated carbocycles. The van der Waals surface area contributed by atoms with E-state index in [2.05, 4.69) is 5.32 Å². The second-order valence-electron chi connectivity index (χ2n) is 3.79. The molecule has 0 aromatic heterocycles. The Labute approximate surface area is 106 Å². The first kappa shape index (κ1) is 14.3. The highest BCUT2D eigenvalue weighted by molar-refractivity contribution is 5.99. The number of primary amides is 1. The lowest BCUT2D eigenvalue weighted by atomic mass is 10.1. The number of nitrogens with one attached hydrogen (secondary N) is 1. The highest BCUT2D eigenvalue weighted by Gasteiger charge is 2.07. The Hall–Kier alpha value is -1.79. The molecule has 0 unspecified atom stereocenters. The third-order valence-corrected chi connectivity index (χ3v) is 2.33. The quantitative estimate of drug-likeness (QED) is 0.390. The number of nitrogens with two attached hydrogens (primary N) is 2. The molecule has 1 rings (SSSR count). The summed E-state index contributed by atoms with van der Waals surface area (Å²) < 4.78 is 5.12. The number of aliphatic hydroxyl groups is 1. The fraction of sp³-hybridized carbons (Fsp3) is 0.417. The van der Waals surface area contributed by atoms with Gasteiger partial charge in [0.25, 0.3) is 5.91 Å². The van der Waals surface area contributed by atoms with Gasteiger partial charge in [-0.3, -0.25) is 4.79 Å². The van der Waals surface area contributed by atoms with Crippen LogP contribution in [0.15, 0.2) is 18.2 Å². The molecule has 100 valence electrons. The van der Waals surface area contributed by atoms with Crippen molar-refractivity contribution >= 4 is 17.3 Å². The van der Waals surface area contributed by atoms with Gasteiger partial charge < -0.3 is 26.6 Å². The van der Waals surface area contributed by atoms with Crippen LogP contribution in [0, 0.1) is 0 Å². The zero-order valence-electron chi connectivity index (χ0n) is 10.2. The van der Waals surface area contributed by atoms with Crippen LogP contribution in [-0.4, -0.2) is 37.4 Å². The summed E-state index contributed by atoms with van der Waals surface area (Å²) in [4.78, 5) is 11.2. The number of ether oxygens (including phenoxy) is 1. The first-order chi connectivity index (χ1) is 8.65. The monoisotopic (exact) mass is 253 g/mol. The van der Waals surface area contributed by atoms with E-state index in [1.54, 1.807) is 18.2 Å². The highest BCUT2D eigenvalue weighted by atomic mass is 16.5. The molecule has 1 aromatic rings. The van der Waals surface area contributed by atoms with E-state index in [1.807, 2.05) is 0 Å². The maximum absolute atomic E-state index is 11.2. The second kappa shape index (κ2) is 7.52. The Bertz CT molecular complexity index is 396. The Morgan fingerprint density at radius 3 is 2.83 bits per heavy atom. The molecule has 0 atom stereocenters. The van der Waals surface area contributed by atoms with Crippen LogP contribution in [0.4, 0.5) is 11.4 Å². The minimum atomic E-state index is -0.492. The summed E-state index contributed by atoms with van der Waals surface area (Å²) in [5.41, 5.74) is 12.5. The van der Waals surface area contributed by atoms with Crippen molar-refractivity contribution in [1.82, 2.24) is 0 Å². The minimum absolute atomic E-state index is 0.0223. The van der Waals surface area contributed by atoms with Crippen molar-refractivity contribution in [2.45, 2.75) is 6.42 Å². The predicted molar refractivity (Wildman–Crippen MR) is 70.4 cm³/mol. The molecule has 0 aliphatic carbocycles. The molecule has 18 heavy (non-hydrogen) atoms. The Morgan fingerprint density at radius 1 is 1.39 bits per heavy atom. The van der Waals surface area contributed by atoms with E-state index in [9.17, 15) is 4.79 Å². The summed E-state index contributed by atoms with van der Waals surface area (Å²) in [7, 11) is 0. The van der Waals surface area contributed by atoms with Crippen molar-refractivity contribution in [3.8, 4) is 0 Å². The summed E-state index contributed by atoms with van der Waals surface area (Å²) in [6, 6.07) is 4.91. The number of hydrogen-bond acceptors (Lipinski definition) is 5. The van der Waals surface area contributed by atoms with E-state index in [0.29, 0.717) is 36.7 Å². The van der Waals surface area contributed by atoms with Crippen LogP contribution in [0.1, 0.15) is 16.8 Å². The van der Waals surface area contributed by atoms with Crippen molar-refractivity contribution in [2.24, 2.45) is 5.73 Å². The van der Waals surface area contributed by atoms with Crippen molar-refractivity contribution < 1.29 is 14.6 Å². The zero-order valence-corrected chi connectivity index (χ0v) is 10.2. The number of hydrogen-bond donors (Lipinski definition) is 4. The fourth-order valence-corrected chi connectivity index (χ4v) is 1.49. The molecule has 0 aliphatic heterocycles. The standard InChI is InChI=1S/C12H19N3O3/c13-9-2-3-10(12(14)17)11(8-9)15-4-1-6-18-7-5-16/h2-3,8,15-16H,1,4-7,13H2,(H2,14,17). The van der Waals surface area contributed by atoms with Gasteiger partial charge >= 0.3 is 0 Å². The van der Waals surface area contributed by atoms with Crippen LogP contribution in [0.5, 0.6) is 0 Å². The molecule has 6 nitrogen and oxygen atoms in total. The molecule has 6 N–H and O–H groups in total. The number of amides is 1. The Balaban J connectivity index is 2.45. The van der Waals surface area contributed by atoms with Gasteiger partial charge in [0.2, 0.25) is 0 Å². The SMILES string of the molecule is NC(=O)c1ccc(N)cc1NCCCOCCO. The number of rotatable bonds is 8. The van der Waals surface area contributed by atoms with Crippen LogP contribution in [0.3, 0.4) is 0 Å². The van der Waals surface area contributed by atoms with Gasteiger partial charge in [-0.1, -0.05) is 0 Å². The predicted octanol–water partition coefficient (Wildman–Crippen LogP) is 0.179. The van der Waals surface area contributed by atoms with Crippen LogP contribution in [0.25, 0.3) is 0 Å². The summed E-state index contributed by atoms with van der Waals surface area (Å²) in [5, 5.41) is 11.6. The van der Waals surface area contributed by atoms with Gasteiger partial charge in [-0.15, -0.1) is 0 Å². The average Bonchev–Trinajstić information content (AvgIpc) is 2.33. The van der Waals surface area contributed by atoms with E-state index in [4.69, 9.17) is 21.3 Å². The first-order valence-electron chi connectivity index (χ1n) is 5.77. The second-order valence-corrected chi connectivity index (χ2v) is 3.79. The van der Waals surface area contributed by atoms with Crippen LogP contribution < -0.4 is 16.8 Å². The Kier molecular flexibility index (Phi) is 5.96. The third kappa shape index (κ3) is 4.60. The molecule has 0 radical (unpaired) electrons. The van der Waals surface area contributed by atoms with E-state index in [1.165, 1.54) is 0 Å². The minimum Gasteiger partial charge on any atom is -0.399 e. The molecular formula is C12H19N3O3. The lowest BCUT2D eigenvalue weighted by Gasteiger charge is -2.11. The molecule has 0 aliphatic rings. The molecular weight excluding hydrogens is 234 g/mol. The lowest BCUT2D eigenvalue weighted by Crippen LogP contribution is -2.16. The summed E-state index contributed by atoms with van der Waals surface area (Å²) in [5.74, 6) is -0.492. The van der Waals surface area contributed by atoms with Gasteiger partial charge in [0.15, 0.2) is 0 Å². The van der Waals surface area contributed by atoms with E-state index < -0.39 is 5.91 Å². The smallest absolute Gasteiger partial charge is 0.250 e. The number of aliphatic hydroxyl groups excluding tert-OH is 1. The van der Waals surface area contributed by atoms with Crippen LogP contribution in [-0.2, 0) is 4.74 Å². The summed E-state index contributed by atoms with van der Waals surface area (Å²) in [6.45, 7) is 1.54. The normalized spacial score (nSPS) is 10.3. The molecule has 0 saturated heterocycles. The largest absolute Gasteiger partial charge is 0.399 e. The van der Waals surface area contributed by atoms with Crippen LogP contribution in [0.2, 0.25) is 0 Å². The number of carbonyl (C=O) groups excluding carboxylic acids is 1. The van der Waals surface area contributed by atoms with E-state index >= 15 is 0 Å². The molecule has 0 bridgehead atoms. The van der Waals surface area contributed by atoms with Gasteiger partial charge in [0, 0.05) is 24.5 Å². The van der Waals surface area contributed by atoms with Crippen molar-refractivity contribution in [3.05, 3.63) is 23.8 Å². The maximum atomic E-state index is 11.2. The van der Waals surface area contributed by atoms with Crippen molar-refractivity contribution in [1.29, 1.82) is 0 Å². The number of nitrogen functional groups attached to an aromatic ring is 1. The number of carbonyl (C=O) groups is 1. The highest BCUT2D eigenvalue weighted by Crippen LogP contribution is 2.18. The summed E-state index contributed by atoms with van der Waals surface area (Å²) >= 11 is 0. The topological polar surface area (TPSA) is 111 Å². The molecule has 1 amide bonds. The van der Waals surface area contributed by atoms with Gasteiger partial charge in [0.05, 0.1) is 18.8 Å². The number of anilines is 2. The number of benzene rings is 1. The first-order valence-corrected chi connectivity index (χ1v) is 5.77. The van der Waals surface area contributed by atoms with Crippen molar-refractivity contribution in [2.75, 3.05) is 37.4 Å². The molecule has 0 heterocycles. The van der Waals surface area contributed by atoms with E-state index in [-0.39, 0.29) is 6.61 Å². The average molecular weight is 253 g/mol. The lowest BCUT2D eigenvalue weighted by molar-refractivity contribution is 0.0922. The van der Waals surface area contributed by atoms with Gasteiger partial charge in [-0.25, -0.2) is 0 Å². The maximum Gasteiger partial charge on any atom is 0.250 e. The molecule has 1 aromatic carbocycles. The zero-order chi connectivity index (χ0) is 13.4.